The Bertz CT molecular complexity index is 2640. The molecule has 0 spiro atoms. The highest BCUT2D eigenvalue weighted by Gasteiger charge is 2.37. The second-order valence-electron chi connectivity index (χ2n) is 13.8. The van der Waals surface area contributed by atoms with Gasteiger partial charge in [0, 0.05) is 34.6 Å². The van der Waals surface area contributed by atoms with Gasteiger partial charge in [0.1, 0.15) is 41.3 Å². The molecule has 2 aliphatic rings. The Morgan fingerprint density at radius 2 is 1.27 bits per heavy atom. The minimum Gasteiger partial charge on any atom is -0.441 e. The van der Waals surface area contributed by atoms with Gasteiger partial charge in [-0.2, -0.15) is 9.59 Å². The molecule has 2 aromatic carbocycles. The predicted molar refractivity (Wildman–Crippen MR) is 209 cm³/mol. The van der Waals surface area contributed by atoms with Crippen LogP contribution in [0.5, 0.6) is 0 Å². The number of aryl methyl sites for hydroxylation is 2. The van der Waals surface area contributed by atoms with Crippen molar-refractivity contribution in [3.05, 3.63) is 84.7 Å². The molecule has 6 heterocycles. The van der Waals surface area contributed by atoms with E-state index in [0.29, 0.717) is 34.2 Å². The van der Waals surface area contributed by atoms with Gasteiger partial charge < -0.3 is 24.2 Å². The number of hydrogen-bond acceptors (Lipinski definition) is 17. The molecule has 2 N–H and O–H groups in total. The monoisotopic (exact) mass is 876 g/mol. The average molecular weight is 877 g/mol. The van der Waals surface area contributed by atoms with Gasteiger partial charge in [-0.25, -0.2) is 22.9 Å². The van der Waals surface area contributed by atoms with E-state index >= 15 is 8.78 Å². The van der Waals surface area contributed by atoms with Crippen molar-refractivity contribution < 1.29 is 56.2 Å². The topological polar surface area (TPSA) is 257 Å². The minimum absolute atomic E-state index is 0.00591. The highest BCUT2D eigenvalue weighted by Crippen LogP contribution is 2.45. The zero-order chi connectivity index (χ0) is 43.5. The number of ether oxygens (including phenoxy) is 3. The van der Waals surface area contributed by atoms with E-state index in [0.717, 1.165) is 11.0 Å². The fraction of sp³-hybridized carbons (Fsp3) is 0.297. The zero-order valence-electron chi connectivity index (χ0n) is 32.6. The fourth-order valence-electron chi connectivity index (χ4n) is 6.44. The van der Waals surface area contributed by atoms with E-state index in [-0.39, 0.29) is 42.2 Å². The van der Waals surface area contributed by atoms with Crippen molar-refractivity contribution in [2.75, 3.05) is 49.3 Å². The second kappa shape index (κ2) is 17.7. The first kappa shape index (κ1) is 42.0. The summed E-state index contributed by atoms with van der Waals surface area (Å²) in [5, 5.41) is 33.3. The summed E-state index contributed by atoms with van der Waals surface area (Å²) in [6.07, 6.45) is -1.85. The van der Waals surface area contributed by atoms with Crippen LogP contribution in [0.2, 0.25) is 0 Å². The van der Waals surface area contributed by atoms with Gasteiger partial charge in [-0.15, -0.1) is 20.4 Å². The van der Waals surface area contributed by atoms with Crippen LogP contribution in [0, 0.1) is 11.6 Å². The summed E-state index contributed by atoms with van der Waals surface area (Å²) >= 11 is 0. The maximum atomic E-state index is 15.3. The number of rotatable bonds is 16. The van der Waals surface area contributed by atoms with Gasteiger partial charge in [0.25, 0.3) is 0 Å². The number of pyridine rings is 2. The molecule has 0 aliphatic carbocycles. The highest BCUT2D eigenvalue weighted by molar-refractivity contribution is 7.47. The number of carbonyl (C=O) groups is 2. The van der Waals surface area contributed by atoms with Crippen LogP contribution in [-0.4, -0.2) is 130 Å². The van der Waals surface area contributed by atoms with Crippen molar-refractivity contribution in [2.45, 2.75) is 18.3 Å². The molecule has 62 heavy (non-hydrogen) atoms. The molecule has 322 valence electrons. The zero-order valence-corrected chi connectivity index (χ0v) is 33.5. The number of nitrogens with zero attached hydrogens (tertiary/aromatic N) is 12. The lowest BCUT2D eigenvalue weighted by molar-refractivity contribution is -0.0239. The number of amides is 2. The normalized spacial score (nSPS) is 17.9. The van der Waals surface area contributed by atoms with E-state index < -0.39 is 69.8 Å². The molecule has 2 aliphatic heterocycles. The van der Waals surface area contributed by atoms with E-state index in [2.05, 4.69) is 40.8 Å². The summed E-state index contributed by atoms with van der Waals surface area (Å²) in [5.41, 5.74) is 2.71. The third-order valence-corrected chi connectivity index (χ3v) is 10.5. The molecule has 2 saturated heterocycles. The van der Waals surface area contributed by atoms with Gasteiger partial charge >= 0.3 is 20.0 Å². The van der Waals surface area contributed by atoms with Crippen molar-refractivity contribution in [1.82, 2.24) is 50.4 Å². The van der Waals surface area contributed by atoms with Crippen molar-refractivity contribution in [1.29, 1.82) is 0 Å². The molecule has 25 heteroatoms. The van der Waals surface area contributed by atoms with Crippen LogP contribution in [0.1, 0.15) is 0 Å². The largest absolute Gasteiger partial charge is 0.472 e. The Hall–Kier alpha value is -6.69. The van der Waals surface area contributed by atoms with Crippen LogP contribution in [0.25, 0.3) is 45.3 Å². The van der Waals surface area contributed by atoms with E-state index in [4.69, 9.17) is 23.3 Å². The third-order valence-electron chi connectivity index (χ3n) is 9.42. The van der Waals surface area contributed by atoms with Crippen molar-refractivity contribution >= 4 is 31.4 Å². The summed E-state index contributed by atoms with van der Waals surface area (Å²) in [6, 6.07) is 14.9. The molecule has 0 bridgehead atoms. The van der Waals surface area contributed by atoms with Crippen molar-refractivity contribution in [3.63, 3.8) is 0 Å². The van der Waals surface area contributed by atoms with Gasteiger partial charge in [0.05, 0.1) is 65.0 Å². The number of phosphoric ester groups is 1. The molecule has 0 radical (unpaired) electrons. The molecule has 8 rings (SSSR count). The van der Waals surface area contributed by atoms with Gasteiger partial charge in [-0.1, -0.05) is 12.1 Å². The molecule has 2 fully saturated rings. The summed E-state index contributed by atoms with van der Waals surface area (Å²) in [6.45, 7) is -2.08. The SMILES string of the molecule is Cn1nnc(-c2ccc(-c3ccc(N4CC(COCC(CO)OP(=O)(O)OCC5CN(c6ccc(-c7ccc(-c8nnn(C)n8)nc7)c(F)c6)C(=O)O5)OC4=O)cc3F)cn2)n1. The lowest BCUT2D eigenvalue weighted by atomic mass is 10.1. The molecule has 0 saturated carbocycles. The van der Waals surface area contributed by atoms with E-state index in [1.807, 2.05) is 0 Å². The van der Waals surface area contributed by atoms with Gasteiger partial charge in [-0.05, 0) is 59.0 Å². The van der Waals surface area contributed by atoms with Crippen LogP contribution >= 0.6 is 7.82 Å². The van der Waals surface area contributed by atoms with Crippen molar-refractivity contribution in [2.24, 2.45) is 14.1 Å². The van der Waals surface area contributed by atoms with E-state index in [1.165, 1.54) is 51.2 Å². The maximum Gasteiger partial charge on any atom is 0.472 e. The number of anilines is 2. The summed E-state index contributed by atoms with van der Waals surface area (Å²) in [7, 11) is -1.61. The first-order chi connectivity index (χ1) is 29.8. The van der Waals surface area contributed by atoms with Gasteiger partial charge in [0.15, 0.2) is 0 Å². The average Bonchev–Trinajstić information content (AvgIpc) is 4.07. The first-order valence-electron chi connectivity index (χ1n) is 18.6. The number of aliphatic hydroxyl groups is 1. The Morgan fingerprint density at radius 3 is 1.69 bits per heavy atom. The van der Waals surface area contributed by atoms with Gasteiger partial charge in [0.2, 0.25) is 11.6 Å². The lowest BCUT2D eigenvalue weighted by Gasteiger charge is -2.20. The molecule has 22 nitrogen and oxygen atoms in total. The number of tetrazole rings is 2. The first-order valence-corrected chi connectivity index (χ1v) is 20.1. The van der Waals surface area contributed by atoms with Crippen LogP contribution in [0.4, 0.5) is 29.7 Å². The van der Waals surface area contributed by atoms with Crippen LogP contribution < -0.4 is 9.80 Å². The maximum absolute atomic E-state index is 15.3. The second-order valence-corrected chi connectivity index (χ2v) is 15.2. The number of hydrogen-bond donors (Lipinski definition) is 2. The van der Waals surface area contributed by atoms with E-state index in [9.17, 15) is 24.2 Å². The number of phosphoric acid groups is 1. The predicted octanol–water partition coefficient (Wildman–Crippen LogP) is 3.33. The molecule has 4 aromatic heterocycles. The number of benzene rings is 2. The number of aliphatic hydroxyl groups excluding tert-OH is 1. The number of halogens is 2. The quantitative estimate of drug-likeness (QED) is 0.132. The highest BCUT2D eigenvalue weighted by atomic mass is 31.2. The molecular weight excluding hydrogens is 841 g/mol. The molecule has 6 aromatic rings. The Balaban J connectivity index is 0.784. The molecule has 4 unspecified atom stereocenters. The van der Waals surface area contributed by atoms with Crippen LogP contribution in [-0.2, 0) is 41.9 Å². The van der Waals surface area contributed by atoms with Crippen LogP contribution in [0.15, 0.2) is 73.1 Å². The Labute approximate surface area is 349 Å². The Kier molecular flexibility index (Phi) is 12.0. The lowest BCUT2D eigenvalue weighted by Crippen LogP contribution is -2.29. The molecule has 2 amide bonds. The minimum atomic E-state index is -4.84. The van der Waals surface area contributed by atoms with Gasteiger partial charge in [-0.3, -0.25) is 28.8 Å². The standard InChI is InChI=1S/C37H35F2N12O10P/c1-48-44-34(42-46-48)32-9-3-21(13-40-32)28-7-5-23(11-30(28)38)50-15-25(59-36(50)53)18-57-19-27(17-52)61-62(55,56)58-20-26-16-51(37(54)60-26)24-6-8-29(31(39)12-24)22-4-10-33(41-14-22)35-43-47-49(2)45-35/h3-14,25-27,52H,15-20H2,1-2H3,(H,55,56). The number of cyclic esters (lactones) is 2. The smallest absolute Gasteiger partial charge is 0.441 e. The summed E-state index contributed by atoms with van der Waals surface area (Å²) in [5.74, 6) is -0.631. The molecular formula is C37H35F2N12O10P. The van der Waals surface area contributed by atoms with Crippen molar-refractivity contribution in [3.8, 4) is 45.3 Å². The Morgan fingerprint density at radius 1 is 0.774 bits per heavy atom. The third kappa shape index (κ3) is 9.44. The fourth-order valence-corrected chi connectivity index (χ4v) is 7.36. The summed E-state index contributed by atoms with van der Waals surface area (Å²) < 4.78 is 69.6. The van der Waals surface area contributed by atoms with Crippen LogP contribution in [0.3, 0.4) is 0 Å². The summed E-state index contributed by atoms with van der Waals surface area (Å²) in [4.78, 5) is 49.2. The van der Waals surface area contributed by atoms with E-state index in [1.54, 1.807) is 44.4 Å². The number of aromatic nitrogens is 10. The number of carbonyl (C=O) groups excluding carboxylic acids is 2. The molecule has 4 atom stereocenters.